The first-order valence-corrected chi connectivity index (χ1v) is 2.95. The van der Waals surface area contributed by atoms with E-state index in [1.165, 1.54) is 19.0 Å². The number of hydrogen-bond donors (Lipinski definition) is 0. The van der Waals surface area contributed by atoms with E-state index in [0.717, 1.165) is 5.92 Å². The molecule has 1 fully saturated rings. The molecule has 0 saturated heterocycles. The third-order valence-corrected chi connectivity index (χ3v) is 1.70. The summed E-state index contributed by atoms with van der Waals surface area (Å²) in [4.78, 5) is 0. The Morgan fingerprint density at radius 3 is 2.20 bits per heavy atom. The van der Waals surface area contributed by atoms with Crippen LogP contribution in [0.4, 0.5) is 0 Å². The Labute approximate surface area is 35.2 Å². The Morgan fingerprint density at radius 1 is 1.60 bits per heavy atom. The van der Waals surface area contributed by atoms with Crippen LogP contribution in [0, 0.1) is 5.92 Å². The van der Waals surface area contributed by atoms with Gasteiger partial charge in [0.25, 0.3) is 0 Å². The van der Waals surface area contributed by atoms with Crippen LogP contribution in [0.1, 0.15) is 12.8 Å². The Balaban J connectivity index is 2.00. The molecule has 0 amide bonds. The lowest BCUT2D eigenvalue weighted by atomic mass is 10.5. The molecule has 1 heteroatoms. The average molecular weight is 88.1 g/mol. The molecule has 0 spiro atoms. The van der Waals surface area contributed by atoms with Crippen LogP contribution in [-0.4, -0.2) is 6.16 Å². The van der Waals surface area contributed by atoms with Gasteiger partial charge in [-0.05, 0) is 24.9 Å². The fraction of sp³-hybridized carbons (Fsp3) is 1.00. The molecule has 5 heavy (non-hydrogen) atoms. The van der Waals surface area contributed by atoms with Crippen LogP contribution in [0.3, 0.4) is 0 Å². The minimum Gasteiger partial charge on any atom is -0.137 e. The molecule has 0 heterocycles. The summed E-state index contributed by atoms with van der Waals surface area (Å²) in [6, 6.07) is 0. The Bertz CT molecular complexity index is 30.6. The zero-order valence-corrected chi connectivity index (χ0v) is 4.43. The van der Waals surface area contributed by atoms with E-state index in [9.17, 15) is 0 Å². The van der Waals surface area contributed by atoms with E-state index in [0.29, 0.717) is 0 Å². The first-order chi connectivity index (χ1) is 2.43. The predicted octanol–water partition coefficient (Wildman–Crippen LogP) is 1.27. The van der Waals surface area contributed by atoms with Gasteiger partial charge in [0, 0.05) is 0 Å². The summed E-state index contributed by atoms with van der Waals surface area (Å²) < 4.78 is 0. The molecule has 0 bridgehead atoms. The second-order valence-electron chi connectivity index (χ2n) is 1.68. The highest BCUT2D eigenvalue weighted by molar-refractivity contribution is 7.16. The van der Waals surface area contributed by atoms with Gasteiger partial charge in [0.1, 0.15) is 0 Å². The van der Waals surface area contributed by atoms with Crippen molar-refractivity contribution in [3.8, 4) is 0 Å². The van der Waals surface area contributed by atoms with Crippen molar-refractivity contribution in [2.75, 3.05) is 6.16 Å². The van der Waals surface area contributed by atoms with E-state index < -0.39 is 0 Å². The van der Waals surface area contributed by atoms with Crippen molar-refractivity contribution in [3.63, 3.8) is 0 Å². The summed E-state index contributed by atoms with van der Waals surface area (Å²) in [7, 11) is 2.76. The second-order valence-corrected chi connectivity index (χ2v) is 2.15. The Hall–Kier alpha value is 0.430. The van der Waals surface area contributed by atoms with E-state index in [1.54, 1.807) is 0 Å². The van der Waals surface area contributed by atoms with Gasteiger partial charge in [-0.2, -0.15) is 0 Å². The first kappa shape index (κ1) is 3.61. The van der Waals surface area contributed by atoms with Crippen molar-refractivity contribution in [1.29, 1.82) is 0 Å². The van der Waals surface area contributed by atoms with E-state index in [1.807, 2.05) is 0 Å². The normalized spacial score (nSPS) is 23.4. The van der Waals surface area contributed by atoms with Gasteiger partial charge >= 0.3 is 0 Å². The van der Waals surface area contributed by atoms with Crippen molar-refractivity contribution in [1.82, 2.24) is 0 Å². The highest BCUT2D eigenvalue weighted by Gasteiger charge is 2.17. The van der Waals surface area contributed by atoms with Crippen LogP contribution in [0.2, 0.25) is 0 Å². The highest BCUT2D eigenvalue weighted by atomic mass is 31.0. The Kier molecular flexibility index (Phi) is 0.911. The van der Waals surface area contributed by atoms with Crippen LogP contribution >= 0.6 is 9.24 Å². The summed E-state index contributed by atoms with van der Waals surface area (Å²) in [5.41, 5.74) is 0. The van der Waals surface area contributed by atoms with Crippen LogP contribution in [0.25, 0.3) is 0 Å². The molecule has 1 aliphatic rings. The summed E-state index contributed by atoms with van der Waals surface area (Å²) in [5, 5.41) is 0. The molecule has 0 aromatic rings. The van der Waals surface area contributed by atoms with Gasteiger partial charge in [0.2, 0.25) is 0 Å². The summed E-state index contributed by atoms with van der Waals surface area (Å²) in [6.45, 7) is 0. The van der Waals surface area contributed by atoms with E-state index in [-0.39, 0.29) is 0 Å². The van der Waals surface area contributed by atoms with Crippen molar-refractivity contribution in [3.05, 3.63) is 0 Å². The fourth-order valence-electron chi connectivity index (χ4n) is 0.354. The lowest BCUT2D eigenvalue weighted by Gasteiger charge is -1.73. The predicted molar refractivity (Wildman–Crippen MR) is 27.3 cm³/mol. The van der Waals surface area contributed by atoms with Crippen molar-refractivity contribution < 1.29 is 0 Å². The molecular weight excluding hydrogens is 79.0 g/mol. The molecule has 1 saturated carbocycles. The van der Waals surface area contributed by atoms with Gasteiger partial charge in [-0.1, -0.05) is 0 Å². The zero-order valence-electron chi connectivity index (χ0n) is 3.28. The van der Waals surface area contributed by atoms with Crippen molar-refractivity contribution in [2.24, 2.45) is 5.92 Å². The lowest BCUT2D eigenvalue weighted by molar-refractivity contribution is 1.00. The maximum absolute atomic E-state index is 2.76. The molecule has 0 nitrogen and oxygen atoms in total. The van der Waals surface area contributed by atoms with E-state index in [4.69, 9.17) is 0 Å². The topological polar surface area (TPSA) is 0 Å². The lowest BCUT2D eigenvalue weighted by Crippen LogP contribution is -1.66. The molecule has 1 aliphatic carbocycles. The van der Waals surface area contributed by atoms with Gasteiger partial charge in [-0.15, -0.1) is 9.24 Å². The van der Waals surface area contributed by atoms with Crippen molar-refractivity contribution in [2.45, 2.75) is 12.8 Å². The molecule has 0 aromatic carbocycles. The highest BCUT2D eigenvalue weighted by Crippen LogP contribution is 2.30. The molecule has 1 unspecified atom stereocenters. The fourth-order valence-corrected chi connectivity index (χ4v) is 0.825. The first-order valence-electron chi connectivity index (χ1n) is 2.13. The molecule has 0 N–H and O–H groups in total. The quantitative estimate of drug-likeness (QED) is 0.423. The third-order valence-electron chi connectivity index (χ3n) is 1.03. The third kappa shape index (κ3) is 0.887. The SMILES string of the molecule is PCC1CC1. The van der Waals surface area contributed by atoms with E-state index in [2.05, 4.69) is 9.24 Å². The van der Waals surface area contributed by atoms with Crippen LogP contribution in [0.5, 0.6) is 0 Å². The van der Waals surface area contributed by atoms with Crippen molar-refractivity contribution >= 4 is 9.24 Å². The Morgan fingerprint density at radius 2 is 2.20 bits per heavy atom. The minimum atomic E-state index is 1.10. The van der Waals surface area contributed by atoms with Gasteiger partial charge < -0.3 is 0 Å². The van der Waals surface area contributed by atoms with E-state index >= 15 is 0 Å². The summed E-state index contributed by atoms with van der Waals surface area (Å²) >= 11 is 0. The molecule has 0 aromatic heterocycles. The minimum absolute atomic E-state index is 1.10. The summed E-state index contributed by atoms with van der Waals surface area (Å²) in [5.74, 6) is 1.10. The van der Waals surface area contributed by atoms with Gasteiger partial charge in [0.15, 0.2) is 0 Å². The molecule has 0 radical (unpaired) electrons. The maximum Gasteiger partial charge on any atom is -0.0353 e. The van der Waals surface area contributed by atoms with Crippen LogP contribution in [0.15, 0.2) is 0 Å². The monoisotopic (exact) mass is 88.0 g/mol. The zero-order chi connectivity index (χ0) is 3.70. The largest absolute Gasteiger partial charge is 0.137 e. The molecular formula is C4H9P. The summed E-state index contributed by atoms with van der Waals surface area (Å²) in [6.07, 6.45) is 4.31. The number of hydrogen-bond acceptors (Lipinski definition) is 0. The average Bonchev–Trinajstić information content (AvgIpc) is 2.12. The van der Waals surface area contributed by atoms with Gasteiger partial charge in [0.05, 0.1) is 0 Å². The smallest absolute Gasteiger partial charge is 0.0353 e. The molecule has 1 atom stereocenters. The van der Waals surface area contributed by atoms with Crippen LogP contribution < -0.4 is 0 Å². The van der Waals surface area contributed by atoms with Crippen LogP contribution in [-0.2, 0) is 0 Å². The molecule has 1 rings (SSSR count). The van der Waals surface area contributed by atoms with Gasteiger partial charge in [-0.25, -0.2) is 0 Å². The van der Waals surface area contributed by atoms with Gasteiger partial charge in [-0.3, -0.25) is 0 Å². The molecule has 0 aliphatic heterocycles. The second kappa shape index (κ2) is 1.26. The standard InChI is InChI=1S/C4H9P/c5-3-4-1-2-4/h4H,1-3,5H2. The number of rotatable bonds is 1. The maximum atomic E-state index is 2.76. The molecule has 30 valence electrons.